The standard InChI is InChI=1S/C26H27ClF3NO6S/c27-20-13-18(37-16-26(28,29)30)9-10-22(20)38(35,36)19-14-21(23(32)33)31(15-19)24(34)25(11-5-2-6-12-25)17-7-3-1-4-8-17/h1,3-4,7-10,13,19,21H,2,5-6,11-12,14-16H2,(H,32,33)/t19-,21+/m1/s1. The number of benzene rings is 2. The van der Waals surface area contributed by atoms with Crippen LogP contribution in [0.5, 0.6) is 5.75 Å². The van der Waals surface area contributed by atoms with Crippen LogP contribution in [0, 0.1) is 0 Å². The summed E-state index contributed by atoms with van der Waals surface area (Å²) in [4.78, 5) is 27.0. The number of hydrogen-bond donors (Lipinski definition) is 1. The molecule has 0 aromatic heterocycles. The zero-order chi connectivity index (χ0) is 27.7. The lowest BCUT2D eigenvalue weighted by Crippen LogP contribution is -2.51. The molecule has 4 rings (SSSR count). The van der Waals surface area contributed by atoms with Gasteiger partial charge in [0.05, 0.1) is 20.6 Å². The second-order valence-corrected chi connectivity index (χ2v) is 12.3. The monoisotopic (exact) mass is 573 g/mol. The van der Waals surface area contributed by atoms with E-state index in [0.717, 1.165) is 47.9 Å². The lowest BCUT2D eigenvalue weighted by molar-refractivity contribution is -0.153. The highest BCUT2D eigenvalue weighted by Gasteiger charge is 2.52. The SMILES string of the molecule is O=C(O)[C@@H]1C[C@@H](S(=O)(=O)c2ccc(OCC(F)(F)F)cc2Cl)CN1C(=O)C1(c2ccccc2)CCCCC1. The van der Waals surface area contributed by atoms with Crippen LogP contribution in [0.1, 0.15) is 44.1 Å². The smallest absolute Gasteiger partial charge is 0.422 e. The molecule has 1 amide bonds. The zero-order valence-corrected chi connectivity index (χ0v) is 21.9. The first kappa shape index (κ1) is 28.2. The highest BCUT2D eigenvalue weighted by molar-refractivity contribution is 7.92. The Bertz CT molecular complexity index is 1300. The number of alkyl halides is 3. The van der Waals surface area contributed by atoms with Gasteiger partial charge in [-0.1, -0.05) is 61.2 Å². The van der Waals surface area contributed by atoms with Gasteiger partial charge in [0.25, 0.3) is 0 Å². The van der Waals surface area contributed by atoms with Gasteiger partial charge in [-0.15, -0.1) is 0 Å². The van der Waals surface area contributed by atoms with Gasteiger partial charge >= 0.3 is 12.1 Å². The van der Waals surface area contributed by atoms with E-state index < -0.39 is 51.2 Å². The Morgan fingerprint density at radius 2 is 1.74 bits per heavy atom. The summed E-state index contributed by atoms with van der Waals surface area (Å²) in [5.74, 6) is -1.98. The van der Waals surface area contributed by atoms with Crippen LogP contribution in [0.25, 0.3) is 0 Å². The molecule has 2 aliphatic rings. The van der Waals surface area contributed by atoms with Gasteiger partial charge in [-0.25, -0.2) is 13.2 Å². The van der Waals surface area contributed by atoms with Crippen LogP contribution in [-0.4, -0.2) is 60.9 Å². The molecule has 1 aliphatic heterocycles. The molecule has 0 spiro atoms. The van der Waals surface area contributed by atoms with Crippen molar-refractivity contribution < 1.29 is 41.0 Å². The second-order valence-electron chi connectivity index (χ2n) is 9.72. The van der Waals surface area contributed by atoms with Crippen molar-refractivity contribution in [3.63, 3.8) is 0 Å². The van der Waals surface area contributed by atoms with Crippen molar-refractivity contribution in [2.24, 2.45) is 0 Å². The van der Waals surface area contributed by atoms with Crippen LogP contribution in [-0.2, 0) is 24.8 Å². The van der Waals surface area contributed by atoms with Crippen LogP contribution < -0.4 is 4.74 Å². The maximum absolute atomic E-state index is 14.0. The summed E-state index contributed by atoms with van der Waals surface area (Å²) in [6.07, 6.45) is -1.35. The summed E-state index contributed by atoms with van der Waals surface area (Å²) in [6.45, 7) is -1.91. The Morgan fingerprint density at radius 3 is 2.32 bits per heavy atom. The predicted octanol–water partition coefficient (Wildman–Crippen LogP) is 5.01. The van der Waals surface area contributed by atoms with Gasteiger partial charge < -0.3 is 14.7 Å². The lowest BCUT2D eigenvalue weighted by atomic mass is 9.68. The Hall–Kier alpha value is -2.79. The largest absolute Gasteiger partial charge is 0.484 e. The predicted molar refractivity (Wildman–Crippen MR) is 133 cm³/mol. The van der Waals surface area contributed by atoms with E-state index in [1.54, 1.807) is 0 Å². The Kier molecular flexibility index (Phi) is 7.99. The number of aliphatic carboxylic acids is 1. The average Bonchev–Trinajstić information content (AvgIpc) is 3.34. The summed E-state index contributed by atoms with van der Waals surface area (Å²) in [6, 6.07) is 10.9. The molecule has 1 N–H and O–H groups in total. The minimum Gasteiger partial charge on any atom is -0.484 e. The minimum atomic E-state index is -4.58. The highest BCUT2D eigenvalue weighted by Crippen LogP contribution is 2.43. The number of carboxylic acid groups (broad SMARTS) is 1. The van der Waals surface area contributed by atoms with Gasteiger partial charge in [0.2, 0.25) is 5.91 Å². The molecule has 206 valence electrons. The molecule has 1 saturated heterocycles. The van der Waals surface area contributed by atoms with E-state index in [1.165, 1.54) is 0 Å². The number of carbonyl (C=O) groups excluding carboxylic acids is 1. The number of ether oxygens (including phenoxy) is 1. The summed E-state index contributed by atoms with van der Waals surface area (Å²) >= 11 is 6.13. The zero-order valence-electron chi connectivity index (χ0n) is 20.3. The fraction of sp³-hybridized carbons (Fsp3) is 0.462. The number of carbonyl (C=O) groups is 2. The van der Waals surface area contributed by atoms with Crippen LogP contribution in [0.15, 0.2) is 53.4 Å². The van der Waals surface area contributed by atoms with E-state index in [2.05, 4.69) is 4.74 Å². The van der Waals surface area contributed by atoms with Crippen molar-refractivity contribution in [2.45, 2.75) is 66.3 Å². The van der Waals surface area contributed by atoms with E-state index in [9.17, 15) is 36.3 Å². The molecule has 2 aromatic carbocycles. The quantitative estimate of drug-likeness (QED) is 0.500. The van der Waals surface area contributed by atoms with E-state index >= 15 is 0 Å². The maximum Gasteiger partial charge on any atom is 0.422 e. The van der Waals surface area contributed by atoms with Gasteiger partial charge in [0.1, 0.15) is 11.8 Å². The molecule has 0 bridgehead atoms. The van der Waals surface area contributed by atoms with Gasteiger partial charge in [-0.2, -0.15) is 13.2 Å². The molecule has 2 fully saturated rings. The number of amides is 1. The van der Waals surface area contributed by atoms with Crippen LogP contribution in [0.2, 0.25) is 5.02 Å². The third-order valence-electron chi connectivity index (χ3n) is 7.30. The minimum absolute atomic E-state index is 0.264. The molecule has 0 radical (unpaired) electrons. The number of nitrogens with zero attached hydrogens (tertiary/aromatic N) is 1. The van der Waals surface area contributed by atoms with Gasteiger partial charge in [-0.05, 0) is 37.0 Å². The van der Waals surface area contributed by atoms with Crippen molar-refractivity contribution in [1.82, 2.24) is 4.90 Å². The number of likely N-dealkylation sites (tertiary alicyclic amines) is 1. The average molecular weight is 574 g/mol. The molecular weight excluding hydrogens is 547 g/mol. The molecule has 1 saturated carbocycles. The summed E-state index contributed by atoms with van der Waals surface area (Å²) in [7, 11) is -4.24. The summed E-state index contributed by atoms with van der Waals surface area (Å²) in [5, 5.41) is 8.32. The summed E-state index contributed by atoms with van der Waals surface area (Å²) in [5.41, 5.74) is -0.168. The number of carboxylic acids is 1. The molecule has 2 aromatic rings. The first-order chi connectivity index (χ1) is 17.8. The third-order valence-corrected chi connectivity index (χ3v) is 9.92. The van der Waals surface area contributed by atoms with Crippen molar-refractivity contribution >= 4 is 33.3 Å². The van der Waals surface area contributed by atoms with Crippen molar-refractivity contribution in [3.05, 3.63) is 59.1 Å². The Morgan fingerprint density at radius 1 is 1.08 bits per heavy atom. The van der Waals surface area contributed by atoms with Crippen LogP contribution in [0.3, 0.4) is 0 Å². The first-order valence-corrected chi connectivity index (χ1v) is 14.1. The third kappa shape index (κ3) is 5.63. The number of hydrogen-bond acceptors (Lipinski definition) is 5. The second kappa shape index (κ2) is 10.8. The number of rotatable bonds is 7. The van der Waals surface area contributed by atoms with E-state index in [1.807, 2.05) is 30.3 Å². The Labute approximate surface area is 223 Å². The fourth-order valence-corrected chi connectivity index (χ4v) is 7.67. The van der Waals surface area contributed by atoms with Gasteiger partial charge in [0.15, 0.2) is 16.4 Å². The maximum atomic E-state index is 14.0. The first-order valence-electron chi connectivity index (χ1n) is 12.2. The van der Waals surface area contributed by atoms with Crippen molar-refractivity contribution in [1.29, 1.82) is 0 Å². The highest BCUT2D eigenvalue weighted by atomic mass is 35.5. The van der Waals surface area contributed by atoms with E-state index in [0.29, 0.717) is 12.8 Å². The normalized spacial score (nSPS) is 21.7. The molecule has 2 atom stereocenters. The van der Waals surface area contributed by atoms with Crippen molar-refractivity contribution in [3.8, 4) is 5.75 Å². The Balaban J connectivity index is 1.63. The van der Waals surface area contributed by atoms with Crippen LogP contribution in [0.4, 0.5) is 13.2 Å². The number of halogens is 4. The molecule has 12 heteroatoms. The fourth-order valence-electron chi connectivity index (χ4n) is 5.44. The van der Waals surface area contributed by atoms with E-state index in [-0.39, 0.29) is 28.6 Å². The molecule has 0 unspecified atom stereocenters. The van der Waals surface area contributed by atoms with Crippen LogP contribution >= 0.6 is 11.6 Å². The molecule has 1 aliphatic carbocycles. The molecule has 7 nitrogen and oxygen atoms in total. The molecule has 1 heterocycles. The van der Waals surface area contributed by atoms with Crippen molar-refractivity contribution in [2.75, 3.05) is 13.2 Å². The lowest BCUT2D eigenvalue weighted by Gasteiger charge is -2.40. The summed E-state index contributed by atoms with van der Waals surface area (Å²) < 4.78 is 69.0. The van der Waals surface area contributed by atoms with Gasteiger partial charge in [0, 0.05) is 12.6 Å². The molecule has 38 heavy (non-hydrogen) atoms. The van der Waals surface area contributed by atoms with E-state index in [4.69, 9.17) is 11.6 Å². The number of sulfone groups is 1. The van der Waals surface area contributed by atoms with Gasteiger partial charge in [-0.3, -0.25) is 4.79 Å². The topological polar surface area (TPSA) is 101 Å². The molecular formula is C26H27ClF3NO6S.